The summed E-state index contributed by atoms with van der Waals surface area (Å²) in [6, 6.07) is 5.93. The minimum absolute atomic E-state index is 0.116. The predicted molar refractivity (Wildman–Crippen MR) is 115 cm³/mol. The molecule has 29 heavy (non-hydrogen) atoms. The van der Waals surface area contributed by atoms with Crippen molar-refractivity contribution in [2.24, 2.45) is 5.92 Å². The summed E-state index contributed by atoms with van der Waals surface area (Å²) in [6.07, 6.45) is 0.116. The smallest absolute Gasteiger partial charge is 0.310 e. The van der Waals surface area contributed by atoms with Crippen LogP contribution in [0.3, 0.4) is 0 Å². The fraction of sp³-hybridized carbons (Fsp3) is 0.522. The van der Waals surface area contributed by atoms with Crippen LogP contribution in [-0.2, 0) is 27.3 Å². The summed E-state index contributed by atoms with van der Waals surface area (Å²) in [6.45, 7) is 14.7. The zero-order chi connectivity index (χ0) is 21.7. The van der Waals surface area contributed by atoms with Crippen LogP contribution in [0.1, 0.15) is 61.7 Å². The fourth-order valence-electron chi connectivity index (χ4n) is 3.37. The van der Waals surface area contributed by atoms with E-state index in [4.69, 9.17) is 4.74 Å². The highest BCUT2D eigenvalue weighted by atomic mass is 16.5. The molecule has 0 aliphatic heterocycles. The molecule has 1 heterocycles. The Morgan fingerprint density at radius 2 is 1.83 bits per heavy atom. The number of ether oxygens (including phenoxy) is 1. The number of nitrogens with one attached hydrogen (secondary N) is 1. The maximum absolute atomic E-state index is 12.4. The molecule has 2 rings (SSSR count). The van der Waals surface area contributed by atoms with E-state index in [0.717, 1.165) is 40.3 Å². The number of carbonyl (C=O) groups excluding carboxylic acids is 2. The number of para-hydroxylation sites is 1. The van der Waals surface area contributed by atoms with Gasteiger partial charge in [0.1, 0.15) is 0 Å². The van der Waals surface area contributed by atoms with E-state index in [1.165, 1.54) is 0 Å². The normalized spacial score (nSPS) is 11.2. The van der Waals surface area contributed by atoms with Crippen molar-refractivity contribution in [2.75, 3.05) is 11.9 Å². The molecule has 0 saturated carbocycles. The van der Waals surface area contributed by atoms with Crippen molar-refractivity contribution >= 4 is 17.6 Å². The van der Waals surface area contributed by atoms with Crippen LogP contribution in [0.2, 0.25) is 0 Å². The molecule has 0 atom stereocenters. The maximum atomic E-state index is 12.4. The van der Waals surface area contributed by atoms with E-state index in [0.29, 0.717) is 5.92 Å². The second-order valence-electron chi connectivity index (χ2n) is 8.30. The number of rotatable bonds is 8. The van der Waals surface area contributed by atoms with E-state index in [-0.39, 0.29) is 24.9 Å². The van der Waals surface area contributed by atoms with E-state index >= 15 is 0 Å². The summed E-state index contributed by atoms with van der Waals surface area (Å²) in [5, 5.41) is 7.42. The summed E-state index contributed by atoms with van der Waals surface area (Å²) in [5.41, 5.74) is 5.51. The van der Waals surface area contributed by atoms with Crippen molar-refractivity contribution in [2.45, 2.75) is 67.3 Å². The van der Waals surface area contributed by atoms with Crippen molar-refractivity contribution in [1.29, 1.82) is 0 Å². The van der Waals surface area contributed by atoms with Crippen molar-refractivity contribution in [3.8, 4) is 0 Å². The average Bonchev–Trinajstić information content (AvgIpc) is 2.88. The third-order valence-electron chi connectivity index (χ3n) is 4.95. The lowest BCUT2D eigenvalue weighted by Crippen LogP contribution is -2.23. The largest absolute Gasteiger partial charge is 0.455 e. The predicted octanol–water partition coefficient (Wildman–Crippen LogP) is 4.31. The lowest BCUT2D eigenvalue weighted by molar-refractivity contribution is -0.146. The zero-order valence-electron chi connectivity index (χ0n) is 18.6. The minimum Gasteiger partial charge on any atom is -0.455 e. The van der Waals surface area contributed by atoms with Gasteiger partial charge in [-0.25, -0.2) is 0 Å². The summed E-state index contributed by atoms with van der Waals surface area (Å²) in [7, 11) is 0. The SMILES string of the molecule is Cc1cccc(C(C)C)c1NC(=O)COC(=O)Cc1c(C)nn(CC(C)C)c1C. The molecular weight excluding hydrogens is 366 g/mol. The van der Waals surface area contributed by atoms with Gasteiger partial charge in [-0.05, 0) is 43.7 Å². The monoisotopic (exact) mass is 399 g/mol. The van der Waals surface area contributed by atoms with Crippen LogP contribution in [0.4, 0.5) is 5.69 Å². The fourth-order valence-corrected chi connectivity index (χ4v) is 3.37. The molecule has 0 aliphatic carbocycles. The Morgan fingerprint density at radius 3 is 2.45 bits per heavy atom. The van der Waals surface area contributed by atoms with Gasteiger partial charge >= 0.3 is 5.97 Å². The third-order valence-corrected chi connectivity index (χ3v) is 4.95. The number of hydrogen-bond donors (Lipinski definition) is 1. The first-order chi connectivity index (χ1) is 13.6. The quantitative estimate of drug-likeness (QED) is 0.671. The number of carbonyl (C=O) groups is 2. The molecule has 0 unspecified atom stereocenters. The van der Waals surface area contributed by atoms with Gasteiger partial charge in [0.05, 0.1) is 12.1 Å². The van der Waals surface area contributed by atoms with Crippen molar-refractivity contribution in [3.05, 3.63) is 46.3 Å². The van der Waals surface area contributed by atoms with Gasteiger partial charge in [-0.15, -0.1) is 0 Å². The number of nitrogens with zero attached hydrogens (tertiary/aromatic N) is 2. The Kier molecular flexibility index (Phi) is 7.59. The Balaban J connectivity index is 1.97. The number of aryl methyl sites for hydroxylation is 2. The summed E-state index contributed by atoms with van der Waals surface area (Å²) >= 11 is 0. The molecule has 1 N–H and O–H groups in total. The van der Waals surface area contributed by atoms with Gasteiger partial charge in [-0.2, -0.15) is 5.10 Å². The topological polar surface area (TPSA) is 73.2 Å². The molecule has 0 aliphatic rings. The second kappa shape index (κ2) is 9.72. The summed E-state index contributed by atoms with van der Waals surface area (Å²) in [5.74, 6) is -0.0162. The molecule has 6 heteroatoms. The molecule has 0 radical (unpaired) electrons. The summed E-state index contributed by atoms with van der Waals surface area (Å²) < 4.78 is 7.16. The highest BCUT2D eigenvalue weighted by molar-refractivity contribution is 5.94. The van der Waals surface area contributed by atoms with Crippen molar-refractivity contribution in [3.63, 3.8) is 0 Å². The Bertz CT molecular complexity index is 882. The zero-order valence-corrected chi connectivity index (χ0v) is 18.6. The van der Waals surface area contributed by atoms with Crippen molar-refractivity contribution < 1.29 is 14.3 Å². The molecule has 6 nitrogen and oxygen atoms in total. The lowest BCUT2D eigenvalue weighted by atomic mass is 9.98. The average molecular weight is 400 g/mol. The Labute approximate surface area is 173 Å². The Hall–Kier alpha value is -2.63. The lowest BCUT2D eigenvalue weighted by Gasteiger charge is -2.16. The van der Waals surface area contributed by atoms with Gasteiger partial charge < -0.3 is 10.1 Å². The van der Waals surface area contributed by atoms with E-state index < -0.39 is 5.97 Å². The molecule has 0 fully saturated rings. The van der Waals surface area contributed by atoms with E-state index in [1.807, 2.05) is 43.7 Å². The van der Waals surface area contributed by atoms with Crippen LogP contribution in [0.15, 0.2) is 18.2 Å². The van der Waals surface area contributed by atoms with Crippen LogP contribution < -0.4 is 5.32 Å². The molecule has 1 amide bonds. The molecule has 0 spiro atoms. The van der Waals surface area contributed by atoms with Crippen molar-refractivity contribution in [1.82, 2.24) is 9.78 Å². The van der Waals surface area contributed by atoms with Gasteiger partial charge in [0.25, 0.3) is 5.91 Å². The van der Waals surface area contributed by atoms with Crippen LogP contribution in [-0.4, -0.2) is 28.3 Å². The first-order valence-corrected chi connectivity index (χ1v) is 10.2. The van der Waals surface area contributed by atoms with Gasteiger partial charge in [0.2, 0.25) is 0 Å². The van der Waals surface area contributed by atoms with E-state index in [2.05, 4.69) is 38.1 Å². The standard InChI is InChI=1S/C23H33N3O3/c1-14(2)12-26-18(7)20(17(6)25-26)11-22(28)29-13-21(27)24-23-16(5)9-8-10-19(23)15(3)4/h8-10,14-15H,11-13H2,1-7H3,(H,24,27). The van der Waals surface area contributed by atoms with E-state index in [9.17, 15) is 9.59 Å². The van der Waals surface area contributed by atoms with Gasteiger partial charge in [-0.3, -0.25) is 14.3 Å². The number of hydrogen-bond acceptors (Lipinski definition) is 4. The third kappa shape index (κ3) is 5.92. The molecule has 0 saturated heterocycles. The van der Waals surface area contributed by atoms with E-state index in [1.54, 1.807) is 0 Å². The number of aromatic nitrogens is 2. The molecule has 1 aromatic carbocycles. The molecular formula is C23H33N3O3. The number of esters is 1. The van der Waals surface area contributed by atoms with Gasteiger partial charge in [0.15, 0.2) is 6.61 Å². The number of amides is 1. The second-order valence-corrected chi connectivity index (χ2v) is 8.30. The van der Waals surface area contributed by atoms with Crippen LogP contribution in [0.25, 0.3) is 0 Å². The van der Waals surface area contributed by atoms with Gasteiger partial charge in [-0.1, -0.05) is 45.9 Å². The minimum atomic E-state index is -0.427. The molecule has 158 valence electrons. The number of anilines is 1. The molecule has 2 aromatic rings. The van der Waals surface area contributed by atoms with Crippen LogP contribution >= 0.6 is 0 Å². The first kappa shape index (κ1) is 22.7. The van der Waals surface area contributed by atoms with Crippen LogP contribution in [0, 0.1) is 26.7 Å². The number of benzene rings is 1. The van der Waals surface area contributed by atoms with Gasteiger partial charge in [0, 0.05) is 23.5 Å². The summed E-state index contributed by atoms with van der Waals surface area (Å²) in [4.78, 5) is 24.7. The maximum Gasteiger partial charge on any atom is 0.310 e. The molecule has 1 aromatic heterocycles. The first-order valence-electron chi connectivity index (χ1n) is 10.2. The highest BCUT2D eigenvalue weighted by Crippen LogP contribution is 2.27. The Morgan fingerprint density at radius 1 is 1.14 bits per heavy atom. The van der Waals surface area contributed by atoms with Crippen LogP contribution in [0.5, 0.6) is 0 Å². The molecule has 0 bridgehead atoms. The highest BCUT2D eigenvalue weighted by Gasteiger charge is 2.18.